The summed E-state index contributed by atoms with van der Waals surface area (Å²) in [4.78, 5) is 75.1. The number of carboxylic acids is 2. The first kappa shape index (κ1) is 27.8. The zero-order valence-corrected chi connectivity index (χ0v) is 21.3. The number of benzene rings is 1. The van der Waals surface area contributed by atoms with Gasteiger partial charge in [0.15, 0.2) is 0 Å². The lowest BCUT2D eigenvalue weighted by Gasteiger charge is -2.44. The summed E-state index contributed by atoms with van der Waals surface area (Å²) in [5.74, 6) is -4.99. The maximum Gasteiger partial charge on any atom is 0.394 e. The molecule has 5 amide bonds. The number of fused-ring (bicyclic) bond motifs is 1. The molecule has 0 saturated carbocycles. The molecular weight excluding hydrogens is 506 g/mol. The molecular formula is C23H29N5O8S. The highest BCUT2D eigenvalue weighted by atomic mass is 32.2. The summed E-state index contributed by atoms with van der Waals surface area (Å²) >= 11 is 1.29. The van der Waals surface area contributed by atoms with Gasteiger partial charge in [-0.1, -0.05) is 30.3 Å². The molecule has 1 unspecified atom stereocenters. The first-order valence-electron chi connectivity index (χ1n) is 11.5. The van der Waals surface area contributed by atoms with Gasteiger partial charge in [-0.3, -0.25) is 14.4 Å². The molecule has 200 valence electrons. The van der Waals surface area contributed by atoms with Crippen molar-refractivity contribution < 1.29 is 39.0 Å². The van der Waals surface area contributed by atoms with Crippen LogP contribution in [-0.4, -0.2) is 97.5 Å². The minimum Gasteiger partial charge on any atom is -0.480 e. The van der Waals surface area contributed by atoms with Gasteiger partial charge in [-0.15, -0.1) is 11.8 Å². The van der Waals surface area contributed by atoms with Crippen molar-refractivity contribution in [3.8, 4) is 0 Å². The lowest BCUT2D eigenvalue weighted by atomic mass is 9.95. The predicted octanol–water partition coefficient (Wildman–Crippen LogP) is -0.408. The van der Waals surface area contributed by atoms with Crippen LogP contribution in [0.3, 0.4) is 0 Å². The van der Waals surface area contributed by atoms with Crippen molar-refractivity contribution in [2.75, 3.05) is 19.6 Å². The van der Waals surface area contributed by atoms with E-state index in [-0.39, 0.29) is 19.6 Å². The molecule has 1 aromatic rings. The second-order valence-electron chi connectivity index (χ2n) is 9.02. The molecule has 0 spiro atoms. The van der Waals surface area contributed by atoms with E-state index in [0.29, 0.717) is 5.56 Å². The molecule has 5 N–H and O–H groups in total. The standard InChI is InChI=1S/C23H29N5O8S/c1-4-27(18(31)21(34)35)11-10-24-22(36)26-13(12-8-6-5-7-9-12)16(29)25-14-17(30)28-15(20(32)33)23(2,3)37-19(14)28/h5-9,13-15,19H,4,10-11H2,1-3H3,(H,25,29)(H,32,33)(H,34,35)(H2,24,26,36)/t13?,14-,15+,19-/m1/s1. The molecule has 2 fully saturated rings. The number of amides is 5. The van der Waals surface area contributed by atoms with Gasteiger partial charge in [0, 0.05) is 24.4 Å². The quantitative estimate of drug-likeness (QED) is 0.207. The van der Waals surface area contributed by atoms with Crippen molar-refractivity contribution in [3.05, 3.63) is 35.9 Å². The number of carboxylic acid groups (broad SMARTS) is 2. The zero-order valence-electron chi connectivity index (χ0n) is 20.5. The number of nitrogens with zero attached hydrogens (tertiary/aromatic N) is 2. The Morgan fingerprint density at radius 1 is 1.14 bits per heavy atom. The minimum absolute atomic E-state index is 0.0525. The highest BCUT2D eigenvalue weighted by Crippen LogP contribution is 2.50. The van der Waals surface area contributed by atoms with Crippen molar-refractivity contribution in [1.29, 1.82) is 0 Å². The molecule has 0 radical (unpaired) electrons. The Labute approximate surface area is 216 Å². The Bertz CT molecular complexity index is 1100. The molecule has 0 aliphatic carbocycles. The smallest absolute Gasteiger partial charge is 0.394 e. The van der Waals surface area contributed by atoms with Crippen molar-refractivity contribution in [1.82, 2.24) is 25.8 Å². The Hall–Kier alpha value is -3.81. The van der Waals surface area contributed by atoms with Gasteiger partial charge >= 0.3 is 23.9 Å². The normalized spacial score (nSPS) is 22.2. The van der Waals surface area contributed by atoms with E-state index < -0.39 is 63.9 Å². The summed E-state index contributed by atoms with van der Waals surface area (Å²) in [7, 11) is 0. The molecule has 37 heavy (non-hydrogen) atoms. The molecule has 0 bridgehead atoms. The highest BCUT2D eigenvalue weighted by molar-refractivity contribution is 8.01. The molecule has 13 nitrogen and oxygen atoms in total. The van der Waals surface area contributed by atoms with Gasteiger partial charge in [-0.2, -0.15) is 0 Å². The molecule has 2 aliphatic rings. The predicted molar refractivity (Wildman–Crippen MR) is 131 cm³/mol. The van der Waals surface area contributed by atoms with E-state index in [9.17, 15) is 33.9 Å². The molecule has 4 atom stereocenters. The highest BCUT2D eigenvalue weighted by Gasteiger charge is 2.64. The largest absolute Gasteiger partial charge is 0.480 e. The van der Waals surface area contributed by atoms with E-state index in [1.165, 1.54) is 16.7 Å². The second kappa shape index (κ2) is 11.1. The van der Waals surface area contributed by atoms with Gasteiger partial charge in [-0.25, -0.2) is 14.4 Å². The van der Waals surface area contributed by atoms with Crippen molar-refractivity contribution in [2.24, 2.45) is 0 Å². The number of nitrogens with one attached hydrogen (secondary N) is 3. The number of carbonyl (C=O) groups is 6. The van der Waals surface area contributed by atoms with Crippen LogP contribution in [0.5, 0.6) is 0 Å². The summed E-state index contributed by atoms with van der Waals surface area (Å²) in [6.45, 7) is 5.06. The third-order valence-corrected chi connectivity index (χ3v) is 7.73. The topological polar surface area (TPSA) is 185 Å². The van der Waals surface area contributed by atoms with Gasteiger partial charge < -0.3 is 36.0 Å². The van der Waals surface area contributed by atoms with Crippen LogP contribution >= 0.6 is 11.8 Å². The van der Waals surface area contributed by atoms with E-state index >= 15 is 0 Å². The average molecular weight is 536 g/mol. The first-order valence-corrected chi connectivity index (χ1v) is 12.4. The van der Waals surface area contributed by atoms with Crippen LogP contribution in [0.1, 0.15) is 32.4 Å². The summed E-state index contributed by atoms with van der Waals surface area (Å²) in [5, 5.41) is 25.5. The third-order valence-electron chi connectivity index (χ3n) is 6.16. The maximum atomic E-state index is 13.2. The molecule has 2 saturated heterocycles. The van der Waals surface area contributed by atoms with Gasteiger partial charge in [-0.05, 0) is 26.3 Å². The Balaban J connectivity index is 1.66. The first-order chi connectivity index (χ1) is 17.4. The van der Waals surface area contributed by atoms with Crippen molar-refractivity contribution in [2.45, 2.75) is 49.0 Å². The number of thioether (sulfide) groups is 1. The zero-order chi connectivity index (χ0) is 27.5. The fourth-order valence-corrected chi connectivity index (χ4v) is 5.98. The second-order valence-corrected chi connectivity index (χ2v) is 10.8. The van der Waals surface area contributed by atoms with Crippen LogP contribution in [-0.2, 0) is 24.0 Å². The number of carbonyl (C=O) groups excluding carboxylic acids is 4. The van der Waals surface area contributed by atoms with Crippen molar-refractivity contribution >= 4 is 47.5 Å². The Morgan fingerprint density at radius 3 is 2.35 bits per heavy atom. The number of aliphatic carboxylic acids is 2. The van der Waals surface area contributed by atoms with Crippen molar-refractivity contribution in [3.63, 3.8) is 0 Å². The molecule has 2 aliphatic heterocycles. The number of rotatable bonds is 9. The number of β-lactam (4-membered cyclic amide) rings is 1. The average Bonchev–Trinajstić information content (AvgIpc) is 3.11. The van der Waals surface area contributed by atoms with Crippen LogP contribution in [0, 0.1) is 0 Å². The molecule has 3 rings (SSSR count). The number of urea groups is 1. The fraction of sp³-hybridized carbons (Fsp3) is 0.478. The van der Waals surface area contributed by atoms with Gasteiger partial charge in [0.25, 0.3) is 0 Å². The molecule has 14 heteroatoms. The van der Waals surface area contributed by atoms with E-state index in [2.05, 4.69) is 16.0 Å². The lowest BCUT2D eigenvalue weighted by molar-refractivity contribution is -0.161. The van der Waals surface area contributed by atoms with E-state index in [1.807, 2.05) is 0 Å². The third kappa shape index (κ3) is 5.79. The fourth-order valence-electron chi connectivity index (χ4n) is 4.35. The molecule has 2 heterocycles. The van der Waals surface area contributed by atoms with Gasteiger partial charge in [0.1, 0.15) is 23.5 Å². The summed E-state index contributed by atoms with van der Waals surface area (Å²) < 4.78 is -0.753. The summed E-state index contributed by atoms with van der Waals surface area (Å²) in [6.07, 6.45) is 0. The molecule has 0 aromatic heterocycles. The van der Waals surface area contributed by atoms with Crippen LogP contribution < -0.4 is 16.0 Å². The van der Waals surface area contributed by atoms with E-state index in [4.69, 9.17) is 5.11 Å². The Kier molecular flexibility index (Phi) is 8.31. The van der Waals surface area contributed by atoms with E-state index in [1.54, 1.807) is 51.1 Å². The van der Waals surface area contributed by atoms with Crippen LogP contribution in [0.2, 0.25) is 0 Å². The summed E-state index contributed by atoms with van der Waals surface area (Å²) in [5.41, 5.74) is 0.442. The van der Waals surface area contributed by atoms with Crippen LogP contribution in [0.4, 0.5) is 4.79 Å². The van der Waals surface area contributed by atoms with Crippen LogP contribution in [0.15, 0.2) is 30.3 Å². The van der Waals surface area contributed by atoms with Gasteiger partial charge in [0.05, 0.1) is 0 Å². The minimum atomic E-state index is -1.60. The Morgan fingerprint density at radius 2 is 1.78 bits per heavy atom. The number of hydrogen-bond donors (Lipinski definition) is 5. The van der Waals surface area contributed by atoms with Gasteiger partial charge in [0.2, 0.25) is 11.8 Å². The lowest BCUT2D eigenvalue weighted by Crippen LogP contribution is -2.71. The monoisotopic (exact) mass is 535 g/mol. The number of hydrogen-bond acceptors (Lipinski definition) is 7. The number of likely N-dealkylation sites (N-methyl/N-ethyl adjacent to an activating group) is 1. The van der Waals surface area contributed by atoms with E-state index in [0.717, 1.165) is 4.90 Å². The molecule has 1 aromatic carbocycles. The SMILES string of the molecule is CCN(CCNC(=O)NC(C(=O)N[C@@H]1C(=O)N2[C@@H]1SC(C)(C)[C@@H]2C(=O)O)c1ccccc1)C(=O)C(=O)O. The summed E-state index contributed by atoms with van der Waals surface area (Å²) in [6, 6.07) is 4.44. The maximum absolute atomic E-state index is 13.2. The van der Waals surface area contributed by atoms with Crippen LogP contribution in [0.25, 0.3) is 0 Å².